The molecule has 174 valence electrons. The summed E-state index contributed by atoms with van der Waals surface area (Å²) in [5, 5.41) is 35.4. The first-order valence-electron chi connectivity index (χ1n) is 12.7. The lowest BCUT2D eigenvalue weighted by atomic mass is 9.65. The normalized spacial score (nSPS) is 38.5. The van der Waals surface area contributed by atoms with E-state index in [4.69, 9.17) is 0 Å². The lowest BCUT2D eigenvalue weighted by molar-refractivity contribution is -0.113. The molecule has 3 aliphatic carbocycles. The third-order valence-corrected chi connectivity index (χ3v) is 9.35. The lowest BCUT2D eigenvalue weighted by Gasteiger charge is -2.44. The van der Waals surface area contributed by atoms with E-state index >= 15 is 0 Å². The second-order valence-corrected chi connectivity index (χ2v) is 11.2. The van der Waals surface area contributed by atoms with E-state index in [-0.39, 0.29) is 23.7 Å². The molecular weight excluding hydrogens is 398 g/mol. The number of aliphatic hydroxyl groups is 3. The number of aromatic nitrogens is 1. The Morgan fingerprint density at radius 3 is 2.56 bits per heavy atom. The number of fused-ring (bicyclic) bond motifs is 2. The predicted octanol–water partition coefficient (Wildman–Crippen LogP) is 5.13. The Balaban J connectivity index is 1.40. The Labute approximate surface area is 191 Å². The third-order valence-electron chi connectivity index (χ3n) is 9.35. The number of hydrogen-bond acceptors (Lipinski definition) is 3. The number of hydrogen-bond donors (Lipinski definition) is 4. The summed E-state index contributed by atoms with van der Waals surface area (Å²) in [5.74, 6) is 0.381. The summed E-state index contributed by atoms with van der Waals surface area (Å²) >= 11 is 0. The number of nitrogens with one attached hydrogen (secondary N) is 1. The molecule has 6 unspecified atom stereocenters. The van der Waals surface area contributed by atoms with Gasteiger partial charge in [-0.1, -0.05) is 49.6 Å². The number of aliphatic hydroxyl groups excluding tert-OH is 1. The summed E-state index contributed by atoms with van der Waals surface area (Å²) in [7, 11) is 0. The van der Waals surface area contributed by atoms with Crippen LogP contribution in [0.2, 0.25) is 0 Å². The van der Waals surface area contributed by atoms with Gasteiger partial charge >= 0.3 is 0 Å². The molecule has 0 radical (unpaired) electrons. The van der Waals surface area contributed by atoms with Crippen molar-refractivity contribution in [3.8, 4) is 0 Å². The molecule has 4 nitrogen and oxygen atoms in total. The molecule has 1 heterocycles. The van der Waals surface area contributed by atoms with Crippen LogP contribution in [-0.4, -0.2) is 37.6 Å². The summed E-state index contributed by atoms with van der Waals surface area (Å²) in [5.41, 5.74) is 1.53. The second-order valence-electron chi connectivity index (χ2n) is 11.2. The summed E-state index contributed by atoms with van der Waals surface area (Å²) in [6, 6.07) is 10.5. The van der Waals surface area contributed by atoms with Crippen molar-refractivity contribution in [2.45, 2.75) is 88.4 Å². The molecule has 3 aliphatic rings. The summed E-state index contributed by atoms with van der Waals surface area (Å²) in [6.45, 7) is 6.27. The SMILES string of the molecule is C=C(Cc1cc2ccccc2[nH]1)C1CCC(O)(C2CCCCC2)C2CC(O)C(C)(O)C2C1. The van der Waals surface area contributed by atoms with Crippen LogP contribution in [0.25, 0.3) is 10.9 Å². The minimum atomic E-state index is -1.16. The maximum absolute atomic E-state index is 12.1. The molecule has 0 aliphatic heterocycles. The van der Waals surface area contributed by atoms with Gasteiger partial charge in [-0.15, -0.1) is 0 Å². The standard InChI is InChI=1S/C28H39NO3/c1-18(14-22-15-20-8-6-7-11-25(20)29-22)19-12-13-28(32,21-9-4-3-5-10-21)24-17-26(30)27(2,31)23(24)16-19/h6-8,11,15,19,21,23-24,26,29-32H,1,3-5,9-10,12-14,16-17H2,2H3. The molecule has 0 spiro atoms. The predicted molar refractivity (Wildman–Crippen MR) is 128 cm³/mol. The molecule has 0 saturated heterocycles. The fourth-order valence-corrected chi connectivity index (χ4v) is 7.37. The topological polar surface area (TPSA) is 76.5 Å². The van der Waals surface area contributed by atoms with Crippen molar-refractivity contribution in [1.29, 1.82) is 0 Å². The summed E-state index contributed by atoms with van der Waals surface area (Å²) in [6.07, 6.45) is 8.72. The van der Waals surface area contributed by atoms with Crippen molar-refractivity contribution < 1.29 is 15.3 Å². The van der Waals surface area contributed by atoms with Crippen LogP contribution in [0.15, 0.2) is 42.5 Å². The maximum Gasteiger partial charge on any atom is 0.0909 e. The molecular formula is C28H39NO3. The molecule has 6 atom stereocenters. The Kier molecular flexibility index (Phi) is 5.76. The van der Waals surface area contributed by atoms with E-state index in [0.717, 1.165) is 49.7 Å². The van der Waals surface area contributed by atoms with Gasteiger partial charge in [-0.2, -0.15) is 0 Å². The fourth-order valence-electron chi connectivity index (χ4n) is 7.37. The largest absolute Gasteiger partial charge is 0.390 e. The van der Waals surface area contributed by atoms with Gasteiger partial charge < -0.3 is 20.3 Å². The molecule has 3 fully saturated rings. The highest BCUT2D eigenvalue weighted by atomic mass is 16.3. The van der Waals surface area contributed by atoms with Gasteiger partial charge in [-0.25, -0.2) is 0 Å². The van der Waals surface area contributed by atoms with E-state index in [1.165, 1.54) is 30.2 Å². The van der Waals surface area contributed by atoms with Crippen LogP contribution < -0.4 is 0 Å². The number of para-hydroxylation sites is 1. The first-order chi connectivity index (χ1) is 15.3. The van der Waals surface area contributed by atoms with Crippen molar-refractivity contribution in [3.05, 3.63) is 48.2 Å². The van der Waals surface area contributed by atoms with Crippen molar-refractivity contribution >= 4 is 10.9 Å². The van der Waals surface area contributed by atoms with Gasteiger partial charge in [0.2, 0.25) is 0 Å². The smallest absolute Gasteiger partial charge is 0.0909 e. The van der Waals surface area contributed by atoms with Crippen LogP contribution in [0.3, 0.4) is 0 Å². The van der Waals surface area contributed by atoms with E-state index in [1.807, 2.05) is 6.07 Å². The Morgan fingerprint density at radius 2 is 1.81 bits per heavy atom. The van der Waals surface area contributed by atoms with Crippen molar-refractivity contribution in [1.82, 2.24) is 4.98 Å². The summed E-state index contributed by atoms with van der Waals surface area (Å²) < 4.78 is 0. The van der Waals surface area contributed by atoms with Crippen LogP contribution in [0.5, 0.6) is 0 Å². The van der Waals surface area contributed by atoms with Gasteiger partial charge in [0.1, 0.15) is 0 Å². The van der Waals surface area contributed by atoms with Crippen LogP contribution in [0.1, 0.15) is 70.4 Å². The Morgan fingerprint density at radius 1 is 1.06 bits per heavy atom. The van der Waals surface area contributed by atoms with Gasteiger partial charge in [0.05, 0.1) is 17.3 Å². The zero-order valence-electron chi connectivity index (χ0n) is 19.4. The van der Waals surface area contributed by atoms with E-state index in [1.54, 1.807) is 6.92 Å². The Bertz CT molecular complexity index is 939. The quantitative estimate of drug-likeness (QED) is 0.501. The Hall–Kier alpha value is -1.62. The van der Waals surface area contributed by atoms with Crippen LogP contribution in [0, 0.1) is 23.7 Å². The second kappa shape index (κ2) is 8.30. The molecule has 5 rings (SSSR count). The number of benzene rings is 1. The van der Waals surface area contributed by atoms with Gasteiger partial charge in [0, 0.05) is 17.6 Å². The van der Waals surface area contributed by atoms with Crippen LogP contribution in [-0.2, 0) is 6.42 Å². The van der Waals surface area contributed by atoms with Gasteiger partial charge in [0.15, 0.2) is 0 Å². The molecule has 2 aromatic rings. The van der Waals surface area contributed by atoms with Crippen molar-refractivity contribution in [2.75, 3.05) is 0 Å². The first-order valence-corrected chi connectivity index (χ1v) is 12.7. The molecule has 0 bridgehead atoms. The zero-order valence-corrected chi connectivity index (χ0v) is 19.4. The monoisotopic (exact) mass is 437 g/mol. The van der Waals surface area contributed by atoms with E-state index in [2.05, 4.69) is 35.8 Å². The molecule has 3 saturated carbocycles. The lowest BCUT2D eigenvalue weighted by Crippen LogP contribution is -2.49. The highest BCUT2D eigenvalue weighted by Gasteiger charge is 2.60. The average Bonchev–Trinajstić information content (AvgIpc) is 3.23. The molecule has 1 aromatic heterocycles. The van der Waals surface area contributed by atoms with E-state index in [9.17, 15) is 15.3 Å². The number of allylic oxidation sites excluding steroid dienone is 1. The van der Waals surface area contributed by atoms with Crippen molar-refractivity contribution in [2.24, 2.45) is 23.7 Å². The maximum atomic E-state index is 12.1. The molecule has 4 heteroatoms. The van der Waals surface area contributed by atoms with Gasteiger partial charge in [-0.05, 0) is 86.6 Å². The average molecular weight is 438 g/mol. The van der Waals surface area contributed by atoms with Gasteiger partial charge in [-0.3, -0.25) is 0 Å². The summed E-state index contributed by atoms with van der Waals surface area (Å²) in [4.78, 5) is 3.52. The molecule has 32 heavy (non-hydrogen) atoms. The molecule has 1 aromatic carbocycles. The van der Waals surface area contributed by atoms with E-state index in [0.29, 0.717) is 6.42 Å². The number of rotatable bonds is 4. The zero-order chi connectivity index (χ0) is 22.5. The third kappa shape index (κ3) is 3.74. The molecule has 0 amide bonds. The number of aromatic amines is 1. The highest BCUT2D eigenvalue weighted by Crippen LogP contribution is 2.56. The minimum Gasteiger partial charge on any atom is -0.390 e. The molecule has 4 N–H and O–H groups in total. The first kappa shape index (κ1) is 22.2. The van der Waals surface area contributed by atoms with Crippen molar-refractivity contribution in [3.63, 3.8) is 0 Å². The fraction of sp³-hybridized carbons (Fsp3) is 0.643. The van der Waals surface area contributed by atoms with Gasteiger partial charge in [0.25, 0.3) is 0 Å². The van der Waals surface area contributed by atoms with E-state index < -0.39 is 17.3 Å². The number of H-pyrrole nitrogens is 1. The minimum absolute atomic E-state index is 0.0403. The van der Waals surface area contributed by atoms with Crippen LogP contribution >= 0.6 is 0 Å². The van der Waals surface area contributed by atoms with Crippen LogP contribution in [0.4, 0.5) is 0 Å². The highest BCUT2D eigenvalue weighted by molar-refractivity contribution is 5.80.